The third kappa shape index (κ3) is 6.14. The largest absolute Gasteiger partial charge is 0.310 e. The molecule has 2 nitrogen and oxygen atoms in total. The summed E-state index contributed by atoms with van der Waals surface area (Å²) in [6.07, 6.45) is 0. The minimum Gasteiger partial charge on any atom is -0.310 e. The summed E-state index contributed by atoms with van der Waals surface area (Å²) in [5.41, 5.74) is 16.5. The molecule has 0 radical (unpaired) electrons. The molecule has 0 amide bonds. The van der Waals surface area contributed by atoms with Gasteiger partial charge >= 0.3 is 0 Å². The fourth-order valence-electron chi connectivity index (χ4n) is 8.10. The lowest BCUT2D eigenvalue weighted by Gasteiger charge is -2.26. The fraction of sp³-hybridized carbons (Fsp3) is 0. The van der Waals surface area contributed by atoms with Gasteiger partial charge in [-0.25, -0.2) is 0 Å². The van der Waals surface area contributed by atoms with Crippen LogP contribution in [0.4, 0.5) is 17.1 Å². The lowest BCUT2D eigenvalue weighted by molar-refractivity contribution is 1.18. The monoisotopic (exact) mass is 714 g/mol. The number of fused-ring (bicyclic) bond motifs is 3. The predicted molar refractivity (Wildman–Crippen MR) is 237 cm³/mol. The van der Waals surface area contributed by atoms with Crippen LogP contribution >= 0.6 is 0 Å². The molecule has 0 N–H and O–H groups in total. The van der Waals surface area contributed by atoms with E-state index in [4.69, 9.17) is 0 Å². The van der Waals surface area contributed by atoms with E-state index in [-0.39, 0.29) is 0 Å². The number of para-hydroxylation sites is 2. The molecule has 56 heavy (non-hydrogen) atoms. The van der Waals surface area contributed by atoms with Crippen LogP contribution in [0.1, 0.15) is 0 Å². The molecule has 0 saturated carbocycles. The standard InChI is InChI=1S/C54H38N2/c1-3-14-39(15-4-1)41-26-32-45(33-27-41)55(48-19-13-18-44(38-48)40-16-5-2-6-17-40)46-34-28-42(29-35-46)49-20-7-8-21-50(49)43-30-36-47(37-31-43)56-53-24-11-9-22-51(53)52-23-10-12-25-54(52)56/h1-38H. The van der Waals surface area contributed by atoms with Crippen molar-refractivity contribution in [3.05, 3.63) is 231 Å². The Morgan fingerprint density at radius 1 is 0.268 bits per heavy atom. The maximum Gasteiger partial charge on any atom is 0.0541 e. The van der Waals surface area contributed by atoms with Gasteiger partial charge in [-0.15, -0.1) is 0 Å². The van der Waals surface area contributed by atoms with E-state index >= 15 is 0 Å². The Morgan fingerprint density at radius 2 is 0.679 bits per heavy atom. The highest BCUT2D eigenvalue weighted by atomic mass is 15.1. The van der Waals surface area contributed by atoms with Gasteiger partial charge in [0.25, 0.3) is 0 Å². The van der Waals surface area contributed by atoms with Gasteiger partial charge in [-0.1, -0.05) is 170 Å². The van der Waals surface area contributed by atoms with Gasteiger partial charge in [0, 0.05) is 33.5 Å². The summed E-state index contributed by atoms with van der Waals surface area (Å²) >= 11 is 0. The lowest BCUT2D eigenvalue weighted by atomic mass is 9.94. The van der Waals surface area contributed by atoms with Crippen molar-refractivity contribution in [3.8, 4) is 50.2 Å². The predicted octanol–water partition coefficient (Wildman–Crippen LogP) is 14.9. The first-order valence-corrected chi connectivity index (χ1v) is 19.2. The number of aromatic nitrogens is 1. The minimum atomic E-state index is 1.10. The first kappa shape index (κ1) is 33.2. The van der Waals surface area contributed by atoms with Gasteiger partial charge in [0.05, 0.1) is 11.0 Å². The van der Waals surface area contributed by atoms with Crippen LogP contribution < -0.4 is 4.90 Å². The van der Waals surface area contributed by atoms with E-state index in [0.717, 1.165) is 22.7 Å². The molecule has 0 spiro atoms. The molecule has 0 aliphatic rings. The number of anilines is 3. The fourth-order valence-corrected chi connectivity index (χ4v) is 8.10. The zero-order chi connectivity index (χ0) is 37.3. The van der Waals surface area contributed by atoms with Crippen LogP contribution in [-0.4, -0.2) is 4.57 Å². The third-order valence-electron chi connectivity index (χ3n) is 10.8. The maximum atomic E-state index is 2.37. The van der Waals surface area contributed by atoms with Crippen LogP contribution in [0.2, 0.25) is 0 Å². The molecule has 10 aromatic rings. The molecule has 0 atom stereocenters. The van der Waals surface area contributed by atoms with Crippen molar-refractivity contribution in [3.63, 3.8) is 0 Å². The summed E-state index contributed by atoms with van der Waals surface area (Å²) in [6.45, 7) is 0. The Morgan fingerprint density at radius 3 is 1.23 bits per heavy atom. The molecular weight excluding hydrogens is 677 g/mol. The summed E-state index contributed by atoms with van der Waals surface area (Å²) < 4.78 is 2.37. The molecule has 264 valence electrons. The van der Waals surface area contributed by atoms with Crippen LogP contribution in [0.5, 0.6) is 0 Å². The average Bonchev–Trinajstić information content (AvgIpc) is 3.62. The maximum absolute atomic E-state index is 2.37. The Hall–Kier alpha value is -7.42. The number of nitrogens with zero attached hydrogens (tertiary/aromatic N) is 2. The third-order valence-corrected chi connectivity index (χ3v) is 10.8. The van der Waals surface area contributed by atoms with E-state index in [2.05, 4.69) is 240 Å². The van der Waals surface area contributed by atoms with E-state index in [1.54, 1.807) is 0 Å². The van der Waals surface area contributed by atoms with Gasteiger partial charge < -0.3 is 9.47 Å². The molecule has 1 aromatic heterocycles. The Bertz CT molecular complexity index is 2870. The number of hydrogen-bond donors (Lipinski definition) is 0. The molecule has 0 bridgehead atoms. The highest BCUT2D eigenvalue weighted by Gasteiger charge is 2.16. The molecule has 0 unspecified atom stereocenters. The number of benzene rings is 9. The first-order valence-electron chi connectivity index (χ1n) is 19.2. The van der Waals surface area contributed by atoms with Crippen molar-refractivity contribution >= 4 is 38.9 Å². The van der Waals surface area contributed by atoms with Gasteiger partial charge in [-0.2, -0.15) is 0 Å². The summed E-state index contributed by atoms with van der Waals surface area (Å²) in [5, 5.41) is 2.54. The van der Waals surface area contributed by atoms with Gasteiger partial charge in [0.15, 0.2) is 0 Å². The number of rotatable bonds is 8. The molecule has 1 heterocycles. The van der Waals surface area contributed by atoms with E-state index in [1.165, 1.54) is 66.3 Å². The smallest absolute Gasteiger partial charge is 0.0541 e. The van der Waals surface area contributed by atoms with Crippen molar-refractivity contribution in [2.24, 2.45) is 0 Å². The molecule has 2 heteroatoms. The lowest BCUT2D eigenvalue weighted by Crippen LogP contribution is -2.10. The van der Waals surface area contributed by atoms with Gasteiger partial charge in [0.2, 0.25) is 0 Å². The second-order valence-corrected chi connectivity index (χ2v) is 14.2. The highest BCUT2D eigenvalue weighted by Crippen LogP contribution is 2.40. The van der Waals surface area contributed by atoms with E-state index in [0.29, 0.717) is 0 Å². The normalized spacial score (nSPS) is 11.2. The van der Waals surface area contributed by atoms with Crippen LogP contribution in [-0.2, 0) is 0 Å². The van der Waals surface area contributed by atoms with Crippen molar-refractivity contribution in [2.75, 3.05) is 4.90 Å². The Kier molecular flexibility index (Phi) is 8.55. The van der Waals surface area contributed by atoms with Crippen molar-refractivity contribution < 1.29 is 0 Å². The van der Waals surface area contributed by atoms with Gasteiger partial charge in [-0.05, 0) is 105 Å². The molecule has 0 fully saturated rings. The van der Waals surface area contributed by atoms with Gasteiger partial charge in [0.1, 0.15) is 0 Å². The van der Waals surface area contributed by atoms with E-state index < -0.39 is 0 Å². The topological polar surface area (TPSA) is 8.17 Å². The zero-order valence-corrected chi connectivity index (χ0v) is 30.8. The van der Waals surface area contributed by atoms with Crippen LogP contribution in [0.15, 0.2) is 231 Å². The van der Waals surface area contributed by atoms with Crippen molar-refractivity contribution in [2.45, 2.75) is 0 Å². The molecule has 0 aliphatic heterocycles. The zero-order valence-electron chi connectivity index (χ0n) is 30.8. The highest BCUT2D eigenvalue weighted by molar-refractivity contribution is 6.09. The second-order valence-electron chi connectivity index (χ2n) is 14.2. The molecular formula is C54H38N2. The first-order chi connectivity index (χ1) is 27.8. The average molecular weight is 715 g/mol. The molecule has 10 rings (SSSR count). The van der Waals surface area contributed by atoms with E-state index in [9.17, 15) is 0 Å². The minimum absolute atomic E-state index is 1.10. The Balaban J connectivity index is 1.01. The Labute approximate surface area is 327 Å². The summed E-state index contributed by atoms with van der Waals surface area (Å²) in [7, 11) is 0. The summed E-state index contributed by atoms with van der Waals surface area (Å²) in [5.74, 6) is 0. The van der Waals surface area contributed by atoms with Gasteiger partial charge in [-0.3, -0.25) is 0 Å². The van der Waals surface area contributed by atoms with Crippen LogP contribution in [0.3, 0.4) is 0 Å². The molecule has 0 aliphatic carbocycles. The van der Waals surface area contributed by atoms with Crippen molar-refractivity contribution in [1.82, 2.24) is 4.57 Å². The second kappa shape index (κ2) is 14.4. The quantitative estimate of drug-likeness (QED) is 0.152. The summed E-state index contributed by atoms with van der Waals surface area (Å²) in [6, 6.07) is 82.9. The van der Waals surface area contributed by atoms with Crippen LogP contribution in [0, 0.1) is 0 Å². The van der Waals surface area contributed by atoms with Crippen LogP contribution in [0.25, 0.3) is 72.0 Å². The number of hydrogen-bond acceptors (Lipinski definition) is 1. The van der Waals surface area contributed by atoms with Crippen molar-refractivity contribution in [1.29, 1.82) is 0 Å². The molecule has 0 saturated heterocycles. The summed E-state index contributed by atoms with van der Waals surface area (Å²) in [4.78, 5) is 2.35. The van der Waals surface area contributed by atoms with E-state index in [1.807, 2.05) is 0 Å². The SMILES string of the molecule is c1ccc(-c2ccc(N(c3ccc(-c4ccccc4-c4ccc(-n5c6ccccc6c6ccccc65)cc4)cc3)c3cccc(-c4ccccc4)c3)cc2)cc1. The molecule has 9 aromatic carbocycles.